The molecule has 0 atom stereocenters. The summed E-state index contributed by atoms with van der Waals surface area (Å²) >= 11 is 1.58. The number of fused-ring (bicyclic) bond motifs is 1. The van der Waals surface area contributed by atoms with Gasteiger partial charge in [-0.3, -0.25) is 9.36 Å². The highest BCUT2D eigenvalue weighted by atomic mass is 32.2. The smallest absolute Gasteiger partial charge is 0.266 e. The van der Waals surface area contributed by atoms with Crippen LogP contribution in [0.15, 0.2) is 129 Å². The van der Waals surface area contributed by atoms with Crippen LogP contribution < -0.4 is 5.56 Å². The van der Waals surface area contributed by atoms with E-state index in [4.69, 9.17) is 4.98 Å². The number of para-hydroxylation sites is 1. The summed E-state index contributed by atoms with van der Waals surface area (Å²) in [6.07, 6.45) is 0. The maximum Gasteiger partial charge on any atom is 0.266 e. The van der Waals surface area contributed by atoms with Gasteiger partial charge in [-0.05, 0) is 42.3 Å². The number of thioether (sulfide) groups is 1. The van der Waals surface area contributed by atoms with Crippen molar-refractivity contribution in [3.63, 3.8) is 0 Å². The molecule has 6 rings (SSSR count). The SMILES string of the molecule is C/C(=N\N=C1\N=C(c2ccccc2)CS1)c1ccc(-n2c(-c3ccccc3)nc3ccccc3c2=O)cc1. The lowest BCUT2D eigenvalue weighted by Crippen LogP contribution is -2.22. The van der Waals surface area contributed by atoms with Crippen LogP contribution in [0.25, 0.3) is 28.0 Å². The fraction of sp³-hybridized carbons (Fsp3) is 0.0645. The first-order valence-electron chi connectivity index (χ1n) is 12.2. The van der Waals surface area contributed by atoms with Crippen molar-refractivity contribution in [2.75, 3.05) is 5.75 Å². The van der Waals surface area contributed by atoms with Crippen LogP contribution in [0.3, 0.4) is 0 Å². The zero-order chi connectivity index (χ0) is 25.9. The maximum absolute atomic E-state index is 13.6. The molecule has 0 amide bonds. The van der Waals surface area contributed by atoms with Gasteiger partial charge in [-0.2, -0.15) is 5.10 Å². The van der Waals surface area contributed by atoms with Crippen molar-refractivity contribution in [2.24, 2.45) is 15.2 Å². The van der Waals surface area contributed by atoms with E-state index in [1.54, 1.807) is 16.3 Å². The molecule has 0 unspecified atom stereocenters. The van der Waals surface area contributed by atoms with Crippen molar-refractivity contribution >= 4 is 39.3 Å². The first kappa shape index (κ1) is 23.8. The Balaban J connectivity index is 1.33. The molecule has 184 valence electrons. The van der Waals surface area contributed by atoms with Crippen molar-refractivity contribution in [1.29, 1.82) is 0 Å². The molecule has 5 aromatic rings. The molecule has 0 bridgehead atoms. The Hall–Kier alpha value is -4.62. The summed E-state index contributed by atoms with van der Waals surface area (Å²) in [7, 11) is 0. The Morgan fingerprint density at radius 1 is 0.816 bits per heavy atom. The molecule has 0 radical (unpaired) electrons. The van der Waals surface area contributed by atoms with Gasteiger partial charge in [-0.15, -0.1) is 5.10 Å². The Morgan fingerprint density at radius 2 is 1.47 bits per heavy atom. The van der Waals surface area contributed by atoms with Crippen LogP contribution in [0.2, 0.25) is 0 Å². The Labute approximate surface area is 224 Å². The molecule has 0 spiro atoms. The van der Waals surface area contributed by atoms with Crippen LogP contribution in [0.5, 0.6) is 0 Å². The van der Waals surface area contributed by atoms with E-state index in [9.17, 15) is 4.79 Å². The predicted octanol–water partition coefficient (Wildman–Crippen LogP) is 6.37. The van der Waals surface area contributed by atoms with E-state index >= 15 is 0 Å². The lowest BCUT2D eigenvalue weighted by atomic mass is 10.1. The Morgan fingerprint density at radius 3 is 2.21 bits per heavy atom. The van der Waals surface area contributed by atoms with Crippen LogP contribution in [0.1, 0.15) is 18.1 Å². The minimum atomic E-state index is -0.107. The summed E-state index contributed by atoms with van der Waals surface area (Å²) in [5.74, 6) is 1.38. The Bertz CT molecular complexity index is 1770. The molecule has 1 aliphatic heterocycles. The van der Waals surface area contributed by atoms with Gasteiger partial charge in [0.1, 0.15) is 5.82 Å². The highest BCUT2D eigenvalue weighted by molar-refractivity contribution is 8.15. The highest BCUT2D eigenvalue weighted by Crippen LogP contribution is 2.23. The lowest BCUT2D eigenvalue weighted by Gasteiger charge is -2.14. The van der Waals surface area contributed by atoms with Crippen molar-refractivity contribution < 1.29 is 0 Å². The van der Waals surface area contributed by atoms with Crippen LogP contribution in [0, 0.1) is 0 Å². The maximum atomic E-state index is 13.6. The molecule has 1 aliphatic rings. The van der Waals surface area contributed by atoms with E-state index in [0.717, 1.165) is 39.6 Å². The molecule has 38 heavy (non-hydrogen) atoms. The second-order valence-electron chi connectivity index (χ2n) is 8.79. The summed E-state index contributed by atoms with van der Waals surface area (Å²) in [6, 6.07) is 35.1. The highest BCUT2D eigenvalue weighted by Gasteiger charge is 2.16. The monoisotopic (exact) mass is 513 g/mol. The zero-order valence-electron chi connectivity index (χ0n) is 20.7. The molecule has 0 saturated carbocycles. The summed E-state index contributed by atoms with van der Waals surface area (Å²) < 4.78 is 1.67. The first-order valence-corrected chi connectivity index (χ1v) is 13.2. The van der Waals surface area contributed by atoms with Crippen molar-refractivity contribution in [3.8, 4) is 17.1 Å². The number of benzene rings is 4. The molecule has 0 fully saturated rings. The fourth-order valence-corrected chi connectivity index (χ4v) is 5.09. The van der Waals surface area contributed by atoms with Crippen molar-refractivity contribution in [2.45, 2.75) is 6.92 Å². The molecule has 4 aromatic carbocycles. The van der Waals surface area contributed by atoms with Gasteiger partial charge < -0.3 is 0 Å². The molecule has 0 N–H and O–H groups in total. The molecule has 0 aliphatic carbocycles. The average Bonchev–Trinajstić information content (AvgIpc) is 3.46. The minimum Gasteiger partial charge on any atom is -0.268 e. The minimum absolute atomic E-state index is 0.107. The van der Waals surface area contributed by atoms with Gasteiger partial charge in [0.2, 0.25) is 5.17 Å². The third-order valence-electron chi connectivity index (χ3n) is 6.31. The van der Waals surface area contributed by atoms with E-state index in [1.807, 2.05) is 104 Å². The van der Waals surface area contributed by atoms with E-state index in [2.05, 4.69) is 27.3 Å². The van der Waals surface area contributed by atoms with E-state index < -0.39 is 0 Å². The normalized spacial score (nSPS) is 14.7. The zero-order valence-corrected chi connectivity index (χ0v) is 21.5. The summed E-state index contributed by atoms with van der Waals surface area (Å²) in [5, 5.41) is 10.0. The molecule has 1 aromatic heterocycles. The van der Waals surface area contributed by atoms with Crippen LogP contribution >= 0.6 is 11.8 Å². The molecule has 6 nitrogen and oxygen atoms in total. The average molecular weight is 514 g/mol. The summed E-state index contributed by atoms with van der Waals surface area (Å²) in [6.45, 7) is 1.92. The summed E-state index contributed by atoms with van der Waals surface area (Å²) in [5.41, 5.74) is 5.97. The van der Waals surface area contributed by atoms with Gasteiger partial charge in [0.05, 0.1) is 28.0 Å². The summed E-state index contributed by atoms with van der Waals surface area (Å²) in [4.78, 5) is 23.1. The van der Waals surface area contributed by atoms with Gasteiger partial charge in [0, 0.05) is 11.3 Å². The molecular formula is C31H23N5OS. The van der Waals surface area contributed by atoms with Gasteiger partial charge in [0.15, 0.2) is 0 Å². The third-order valence-corrected chi connectivity index (χ3v) is 7.16. The van der Waals surface area contributed by atoms with Gasteiger partial charge in [-0.25, -0.2) is 9.98 Å². The molecule has 2 heterocycles. The first-order chi connectivity index (χ1) is 18.7. The van der Waals surface area contributed by atoms with Crippen LogP contribution in [0.4, 0.5) is 0 Å². The van der Waals surface area contributed by atoms with Gasteiger partial charge in [-0.1, -0.05) is 96.7 Å². The molecular weight excluding hydrogens is 490 g/mol. The quantitative estimate of drug-likeness (QED) is 0.203. The number of amidine groups is 1. The van der Waals surface area contributed by atoms with E-state index in [0.29, 0.717) is 21.9 Å². The molecule has 7 heteroatoms. The number of rotatable bonds is 5. The van der Waals surface area contributed by atoms with Crippen molar-refractivity contribution in [3.05, 3.63) is 131 Å². The second-order valence-corrected chi connectivity index (χ2v) is 9.73. The standard InChI is InChI=1S/C31H23N5OS/c1-21(34-35-31-33-28(20-38-31)23-10-4-2-5-11-23)22-16-18-25(19-17-22)36-29(24-12-6-3-7-13-24)32-27-15-9-8-14-26(27)30(36)37/h2-19H,20H2,1H3/b34-21+,35-31-. The fourth-order valence-electron chi connectivity index (χ4n) is 4.32. The largest absolute Gasteiger partial charge is 0.268 e. The van der Waals surface area contributed by atoms with E-state index in [-0.39, 0.29) is 5.56 Å². The van der Waals surface area contributed by atoms with Gasteiger partial charge >= 0.3 is 0 Å². The lowest BCUT2D eigenvalue weighted by molar-refractivity contribution is 0.975. The van der Waals surface area contributed by atoms with Crippen molar-refractivity contribution in [1.82, 2.24) is 9.55 Å². The van der Waals surface area contributed by atoms with E-state index in [1.165, 1.54) is 0 Å². The Kier molecular flexibility index (Phi) is 6.50. The van der Waals surface area contributed by atoms with Gasteiger partial charge in [0.25, 0.3) is 5.56 Å². The number of nitrogens with zero attached hydrogens (tertiary/aromatic N) is 5. The van der Waals surface area contributed by atoms with Crippen LogP contribution in [-0.2, 0) is 0 Å². The molecule has 0 saturated heterocycles. The number of hydrogen-bond donors (Lipinski definition) is 0. The number of aliphatic imine (C=N–C) groups is 1. The number of hydrogen-bond acceptors (Lipinski definition) is 5. The predicted molar refractivity (Wildman–Crippen MR) is 158 cm³/mol. The second kappa shape index (κ2) is 10.4. The third kappa shape index (κ3) is 4.71. The number of aromatic nitrogens is 2. The van der Waals surface area contributed by atoms with Crippen LogP contribution in [-0.4, -0.2) is 31.9 Å². The topological polar surface area (TPSA) is 72.0 Å².